The molecule has 7 heteroatoms. The van der Waals surface area contributed by atoms with E-state index >= 15 is 0 Å². The highest BCUT2D eigenvalue weighted by Crippen LogP contribution is 2.59. The Bertz CT molecular complexity index is 758. The summed E-state index contributed by atoms with van der Waals surface area (Å²) in [6.45, 7) is 0. The van der Waals surface area contributed by atoms with E-state index in [1.165, 1.54) is 30.3 Å². The van der Waals surface area contributed by atoms with Crippen molar-refractivity contribution in [2.45, 2.75) is 37.3 Å². The second-order valence-electron chi connectivity index (χ2n) is 6.06. The Balaban J connectivity index is 2.03. The topological polar surface area (TPSA) is 53.1 Å². The number of H-pyrrole nitrogens is 1. The minimum atomic E-state index is -4.36. The van der Waals surface area contributed by atoms with Crippen LogP contribution in [0.5, 0.6) is 0 Å². The van der Waals surface area contributed by atoms with Gasteiger partial charge < -0.3 is 10.1 Å². The van der Waals surface area contributed by atoms with Crippen LogP contribution in [-0.4, -0.2) is 22.2 Å². The maximum absolute atomic E-state index is 13.3. The fourth-order valence-corrected chi connectivity index (χ4v) is 2.90. The summed E-state index contributed by atoms with van der Waals surface area (Å²) in [5, 5.41) is 8.84. The lowest BCUT2D eigenvalue weighted by molar-refractivity contribution is -0.161. The van der Waals surface area contributed by atoms with Gasteiger partial charge >= 0.3 is 12.1 Å². The molecule has 128 valence electrons. The Morgan fingerprint density at radius 3 is 2.33 bits per heavy atom. The maximum Gasteiger partial charge on any atom is 0.399 e. The van der Waals surface area contributed by atoms with Gasteiger partial charge in [-0.3, -0.25) is 4.79 Å². The van der Waals surface area contributed by atoms with Crippen molar-refractivity contribution in [2.75, 3.05) is 0 Å². The Kier molecular flexibility index (Phi) is 3.89. The first-order valence-electron chi connectivity index (χ1n) is 7.50. The molecule has 0 amide bonds. The van der Waals surface area contributed by atoms with E-state index in [1.54, 1.807) is 0 Å². The Hall–Kier alpha value is -2.31. The number of aliphatic carboxylic acids is 1. The molecule has 1 aliphatic rings. The van der Waals surface area contributed by atoms with Crippen LogP contribution in [0.3, 0.4) is 0 Å². The molecule has 0 saturated heterocycles. The van der Waals surface area contributed by atoms with Crippen LogP contribution in [0.1, 0.15) is 30.5 Å². The van der Waals surface area contributed by atoms with Crippen molar-refractivity contribution < 1.29 is 27.5 Å². The average Bonchev–Trinajstić information content (AvgIpc) is 3.21. The summed E-state index contributed by atoms with van der Waals surface area (Å²) in [5.41, 5.74) is -0.379. The van der Waals surface area contributed by atoms with Gasteiger partial charge in [-0.1, -0.05) is 0 Å². The molecule has 0 unspecified atom stereocenters. The third kappa shape index (κ3) is 2.90. The van der Waals surface area contributed by atoms with Crippen LogP contribution in [0, 0.1) is 5.82 Å². The number of hydrogen-bond donors (Lipinski definition) is 2. The Morgan fingerprint density at radius 2 is 1.83 bits per heavy atom. The van der Waals surface area contributed by atoms with Crippen molar-refractivity contribution in [1.29, 1.82) is 0 Å². The van der Waals surface area contributed by atoms with Gasteiger partial charge in [-0.25, -0.2) is 4.39 Å². The number of benzene rings is 1. The van der Waals surface area contributed by atoms with Crippen molar-refractivity contribution in [1.82, 2.24) is 4.98 Å². The number of carboxylic acids is 1. The van der Waals surface area contributed by atoms with Crippen LogP contribution in [0.4, 0.5) is 17.6 Å². The SMILES string of the molecule is O=C(O)CCc1cc(C2(C(F)(F)F)CC2)[nH]c1-c1ccc(F)cc1. The number of aromatic nitrogens is 1. The number of carbonyl (C=O) groups is 1. The van der Waals surface area contributed by atoms with Crippen LogP contribution in [0.25, 0.3) is 11.3 Å². The largest absolute Gasteiger partial charge is 0.481 e. The zero-order chi connectivity index (χ0) is 17.5. The summed E-state index contributed by atoms with van der Waals surface area (Å²) >= 11 is 0. The van der Waals surface area contributed by atoms with Crippen LogP contribution >= 0.6 is 0 Å². The van der Waals surface area contributed by atoms with Gasteiger partial charge in [0.1, 0.15) is 11.2 Å². The zero-order valence-electron chi connectivity index (χ0n) is 12.6. The zero-order valence-corrected chi connectivity index (χ0v) is 12.6. The number of nitrogens with one attached hydrogen (secondary N) is 1. The lowest BCUT2D eigenvalue weighted by Crippen LogP contribution is -2.28. The van der Waals surface area contributed by atoms with E-state index in [0.29, 0.717) is 16.8 Å². The fourth-order valence-electron chi connectivity index (χ4n) is 2.90. The molecule has 3 nitrogen and oxygen atoms in total. The highest BCUT2D eigenvalue weighted by Gasteiger charge is 2.65. The number of hydrogen-bond acceptors (Lipinski definition) is 1. The average molecular weight is 341 g/mol. The Labute approximate surface area is 135 Å². The molecule has 1 fully saturated rings. The summed E-state index contributed by atoms with van der Waals surface area (Å²) in [7, 11) is 0. The van der Waals surface area contributed by atoms with Gasteiger partial charge in [0.2, 0.25) is 0 Å². The highest BCUT2D eigenvalue weighted by atomic mass is 19.4. The molecule has 2 aromatic rings. The Morgan fingerprint density at radius 1 is 1.21 bits per heavy atom. The number of rotatable bonds is 5. The molecule has 1 aromatic carbocycles. The minimum Gasteiger partial charge on any atom is -0.481 e. The number of alkyl halides is 3. The van der Waals surface area contributed by atoms with Gasteiger partial charge in [0.25, 0.3) is 0 Å². The van der Waals surface area contributed by atoms with Crippen LogP contribution in [0.2, 0.25) is 0 Å². The predicted octanol–water partition coefficient (Wildman–Crippen LogP) is 4.43. The van der Waals surface area contributed by atoms with Gasteiger partial charge in [0, 0.05) is 17.8 Å². The fraction of sp³-hybridized carbons (Fsp3) is 0.353. The van der Waals surface area contributed by atoms with Crippen LogP contribution < -0.4 is 0 Å². The summed E-state index contributed by atoms with van der Waals surface area (Å²) in [4.78, 5) is 13.6. The van der Waals surface area contributed by atoms with Gasteiger partial charge in [0.15, 0.2) is 0 Å². The quantitative estimate of drug-likeness (QED) is 0.791. The summed E-state index contributed by atoms with van der Waals surface area (Å²) in [6.07, 6.45) is -4.42. The molecule has 0 spiro atoms. The molecule has 2 N–H and O–H groups in total. The maximum atomic E-state index is 13.3. The van der Waals surface area contributed by atoms with E-state index in [0.717, 1.165) is 0 Å². The predicted molar refractivity (Wildman–Crippen MR) is 79.1 cm³/mol. The van der Waals surface area contributed by atoms with Crippen molar-refractivity contribution >= 4 is 5.97 Å². The lowest BCUT2D eigenvalue weighted by atomic mass is 10.00. The summed E-state index contributed by atoms with van der Waals surface area (Å²) in [6, 6.07) is 6.76. The first-order valence-corrected chi connectivity index (χ1v) is 7.50. The molecule has 3 rings (SSSR count). The van der Waals surface area contributed by atoms with Gasteiger partial charge in [-0.05, 0) is 60.7 Å². The molecular weight excluding hydrogens is 326 g/mol. The molecule has 0 bridgehead atoms. The van der Waals surface area contributed by atoms with E-state index in [2.05, 4.69) is 4.98 Å². The smallest absolute Gasteiger partial charge is 0.399 e. The van der Waals surface area contributed by atoms with E-state index in [4.69, 9.17) is 5.11 Å². The molecule has 1 saturated carbocycles. The lowest BCUT2D eigenvalue weighted by Gasteiger charge is -2.17. The minimum absolute atomic E-state index is 0.0121. The normalized spacial score (nSPS) is 16.2. The third-order valence-corrected chi connectivity index (χ3v) is 4.45. The molecule has 1 aromatic heterocycles. The molecular formula is C17H15F4NO2. The second-order valence-corrected chi connectivity index (χ2v) is 6.06. The molecule has 24 heavy (non-hydrogen) atoms. The molecule has 1 heterocycles. The van der Waals surface area contributed by atoms with Gasteiger partial charge in [-0.2, -0.15) is 13.2 Å². The van der Waals surface area contributed by atoms with Crippen molar-refractivity contribution in [3.05, 3.63) is 47.4 Å². The number of halogens is 4. The summed E-state index contributed by atoms with van der Waals surface area (Å²) < 4.78 is 53.1. The highest BCUT2D eigenvalue weighted by molar-refractivity contribution is 5.69. The molecule has 0 aliphatic heterocycles. The van der Waals surface area contributed by atoms with E-state index in [1.807, 2.05) is 0 Å². The number of aromatic amines is 1. The van der Waals surface area contributed by atoms with Crippen molar-refractivity contribution in [3.8, 4) is 11.3 Å². The van der Waals surface area contributed by atoms with Crippen molar-refractivity contribution in [3.63, 3.8) is 0 Å². The monoisotopic (exact) mass is 341 g/mol. The van der Waals surface area contributed by atoms with Gasteiger partial charge in [-0.15, -0.1) is 0 Å². The first kappa shape index (κ1) is 16.5. The van der Waals surface area contributed by atoms with E-state index in [9.17, 15) is 22.4 Å². The van der Waals surface area contributed by atoms with Crippen molar-refractivity contribution in [2.24, 2.45) is 0 Å². The van der Waals surface area contributed by atoms with E-state index < -0.39 is 23.4 Å². The molecule has 0 radical (unpaired) electrons. The number of aryl methyl sites for hydroxylation is 1. The van der Waals surface area contributed by atoms with Crippen LogP contribution in [0.15, 0.2) is 30.3 Å². The molecule has 0 atom stereocenters. The van der Waals surface area contributed by atoms with Gasteiger partial charge in [0.05, 0.1) is 0 Å². The summed E-state index contributed by atoms with van der Waals surface area (Å²) in [5.74, 6) is -1.48. The van der Waals surface area contributed by atoms with E-state index in [-0.39, 0.29) is 31.4 Å². The van der Waals surface area contributed by atoms with Crippen LogP contribution in [-0.2, 0) is 16.6 Å². The first-order chi connectivity index (χ1) is 11.2. The standard InChI is InChI=1S/C17H15F4NO2/c18-12-4-1-10(2-5-12)15-11(3-6-14(23)24)9-13(22-15)16(7-8-16)17(19,20)21/h1-2,4-5,9,22H,3,6-8H2,(H,23,24). The number of carboxylic acid groups (broad SMARTS) is 1. The third-order valence-electron chi connectivity index (χ3n) is 4.45. The second kappa shape index (κ2) is 5.65. The molecule has 1 aliphatic carbocycles.